The molecule has 0 aliphatic carbocycles. The molecule has 372 valence electrons. The maximum Gasteiger partial charge on any atom is 0.306 e. The fourth-order valence-corrected chi connectivity index (χ4v) is 8.41. The lowest BCUT2D eigenvalue weighted by atomic mass is 9.99. The summed E-state index contributed by atoms with van der Waals surface area (Å²) < 4.78 is 22.9. The molecule has 9 heteroatoms. The Morgan fingerprint density at radius 3 is 1.40 bits per heavy atom. The van der Waals surface area contributed by atoms with Gasteiger partial charge in [-0.05, 0) is 44.9 Å². The van der Waals surface area contributed by atoms with Gasteiger partial charge >= 0.3 is 5.97 Å². The van der Waals surface area contributed by atoms with Crippen LogP contribution in [0.15, 0.2) is 24.3 Å². The normalized spacial score (nSPS) is 19.7. The Kier molecular flexibility index (Phi) is 43.4. The van der Waals surface area contributed by atoms with E-state index >= 15 is 0 Å². The topological polar surface area (TPSA) is 135 Å². The molecule has 1 heterocycles. The van der Waals surface area contributed by atoms with Crippen molar-refractivity contribution in [1.82, 2.24) is 0 Å². The molecule has 0 bridgehead atoms. The second kappa shape index (κ2) is 45.8. The van der Waals surface area contributed by atoms with Crippen LogP contribution in [-0.4, -0.2) is 89.6 Å². The van der Waals surface area contributed by atoms with Crippen LogP contribution in [0, 0.1) is 0 Å². The molecular formula is C54H102O9. The third-order valence-corrected chi connectivity index (χ3v) is 12.6. The average molecular weight is 895 g/mol. The zero-order valence-corrected chi connectivity index (χ0v) is 41.1. The molecule has 0 aromatic heterocycles. The van der Waals surface area contributed by atoms with Crippen molar-refractivity contribution in [3.05, 3.63) is 24.3 Å². The first-order valence-corrected chi connectivity index (χ1v) is 26.9. The number of aliphatic hydroxyl groups excluding tert-OH is 4. The Labute approximate surface area is 387 Å². The predicted octanol–water partition coefficient (Wildman–Crippen LogP) is 13.3. The van der Waals surface area contributed by atoms with Gasteiger partial charge in [0.15, 0.2) is 6.29 Å². The molecule has 0 aromatic rings. The van der Waals surface area contributed by atoms with Gasteiger partial charge in [-0.25, -0.2) is 0 Å². The largest absolute Gasteiger partial charge is 0.457 e. The van der Waals surface area contributed by atoms with Crippen LogP contribution < -0.4 is 0 Å². The predicted molar refractivity (Wildman–Crippen MR) is 261 cm³/mol. The van der Waals surface area contributed by atoms with Crippen molar-refractivity contribution in [3.63, 3.8) is 0 Å². The number of ether oxygens (including phenoxy) is 4. The van der Waals surface area contributed by atoms with Crippen molar-refractivity contribution in [2.45, 2.75) is 288 Å². The number of esters is 1. The number of carbonyl (C=O) groups excluding carboxylic acids is 1. The highest BCUT2D eigenvalue weighted by atomic mass is 16.7. The fourth-order valence-electron chi connectivity index (χ4n) is 8.41. The summed E-state index contributed by atoms with van der Waals surface area (Å²) in [6, 6.07) is 0. The quantitative estimate of drug-likeness (QED) is 0.0267. The molecule has 1 aliphatic heterocycles. The minimum atomic E-state index is -1.54. The summed E-state index contributed by atoms with van der Waals surface area (Å²) in [6.45, 7) is 4.56. The van der Waals surface area contributed by atoms with E-state index in [-0.39, 0.29) is 19.2 Å². The summed E-state index contributed by atoms with van der Waals surface area (Å²) >= 11 is 0. The van der Waals surface area contributed by atoms with Gasteiger partial charge in [-0.15, -0.1) is 0 Å². The molecule has 63 heavy (non-hydrogen) atoms. The van der Waals surface area contributed by atoms with Gasteiger partial charge in [-0.2, -0.15) is 0 Å². The van der Waals surface area contributed by atoms with Gasteiger partial charge < -0.3 is 39.4 Å². The molecule has 4 N–H and O–H groups in total. The summed E-state index contributed by atoms with van der Waals surface area (Å²) in [5.41, 5.74) is 0. The molecular weight excluding hydrogens is 793 g/mol. The van der Waals surface area contributed by atoms with Crippen LogP contribution in [0.1, 0.15) is 251 Å². The highest BCUT2D eigenvalue weighted by Gasteiger charge is 2.44. The van der Waals surface area contributed by atoms with Crippen LogP contribution >= 0.6 is 0 Å². The first-order valence-electron chi connectivity index (χ1n) is 26.9. The van der Waals surface area contributed by atoms with Crippen LogP contribution in [0.25, 0.3) is 0 Å². The van der Waals surface area contributed by atoms with E-state index < -0.39 is 43.4 Å². The molecule has 1 fully saturated rings. The third-order valence-electron chi connectivity index (χ3n) is 12.6. The van der Waals surface area contributed by atoms with Crippen molar-refractivity contribution < 1.29 is 44.2 Å². The minimum absolute atomic E-state index is 0.115. The van der Waals surface area contributed by atoms with Gasteiger partial charge in [-0.3, -0.25) is 4.79 Å². The summed E-state index contributed by atoms with van der Waals surface area (Å²) in [5, 5.41) is 40.2. The standard InChI is InChI=1S/C54H102O9/c1-3-5-7-9-11-13-15-17-19-20-21-22-23-24-25-26-27-28-30-32-34-36-38-40-42-44-60-46-48(47-61-54-53(59)52(58)51(57)49(45-55)63-54)62-50(56)43-41-39-37-35-33-31-29-18-16-14-12-10-8-6-4-2/h12,14,18,29,48-49,51-55,57-59H,3-11,13,15-17,19-28,30-47H2,1-2H3/b14-12-,29-18-. The molecule has 1 rings (SSSR count). The van der Waals surface area contributed by atoms with Crippen LogP contribution in [0.5, 0.6) is 0 Å². The molecule has 1 aliphatic rings. The molecule has 6 atom stereocenters. The lowest BCUT2D eigenvalue weighted by Gasteiger charge is -2.39. The molecule has 0 radical (unpaired) electrons. The third kappa shape index (κ3) is 36.5. The van der Waals surface area contributed by atoms with E-state index in [1.54, 1.807) is 0 Å². The zero-order chi connectivity index (χ0) is 45.7. The maximum atomic E-state index is 12.8. The van der Waals surface area contributed by atoms with E-state index in [2.05, 4.69) is 38.2 Å². The van der Waals surface area contributed by atoms with Gasteiger partial charge in [0.25, 0.3) is 0 Å². The van der Waals surface area contributed by atoms with Gasteiger partial charge in [-0.1, -0.05) is 224 Å². The van der Waals surface area contributed by atoms with Crippen LogP contribution in [0.4, 0.5) is 0 Å². The molecule has 0 saturated carbocycles. The van der Waals surface area contributed by atoms with E-state index in [1.165, 1.54) is 173 Å². The highest BCUT2D eigenvalue weighted by Crippen LogP contribution is 2.23. The number of carbonyl (C=O) groups is 1. The molecule has 1 saturated heterocycles. The summed E-state index contributed by atoms with van der Waals surface area (Å²) in [6.07, 6.45) is 48.0. The Hall–Kier alpha value is -1.33. The first kappa shape index (κ1) is 59.7. The highest BCUT2D eigenvalue weighted by molar-refractivity contribution is 5.69. The number of unbranched alkanes of at least 4 members (excludes halogenated alkanes) is 32. The zero-order valence-electron chi connectivity index (χ0n) is 41.1. The molecule has 0 amide bonds. The number of aliphatic hydroxyl groups is 4. The summed E-state index contributed by atoms with van der Waals surface area (Å²) in [5.74, 6) is -0.322. The van der Waals surface area contributed by atoms with E-state index in [1.807, 2.05) is 0 Å². The number of hydrogen-bond donors (Lipinski definition) is 4. The fraction of sp³-hybridized carbons (Fsp3) is 0.907. The van der Waals surface area contributed by atoms with Crippen LogP contribution in [0.2, 0.25) is 0 Å². The Morgan fingerprint density at radius 1 is 0.508 bits per heavy atom. The van der Waals surface area contributed by atoms with Crippen molar-refractivity contribution in [2.24, 2.45) is 0 Å². The Balaban J connectivity index is 2.14. The number of rotatable bonds is 47. The van der Waals surface area contributed by atoms with Gasteiger partial charge in [0.05, 0.1) is 19.8 Å². The Bertz CT molecular complexity index is 1020. The van der Waals surface area contributed by atoms with Crippen LogP contribution in [-0.2, 0) is 23.7 Å². The molecule has 0 aromatic carbocycles. The van der Waals surface area contributed by atoms with E-state index in [9.17, 15) is 25.2 Å². The monoisotopic (exact) mass is 895 g/mol. The number of allylic oxidation sites excluding steroid dienone is 4. The van der Waals surface area contributed by atoms with E-state index in [0.717, 1.165) is 57.8 Å². The van der Waals surface area contributed by atoms with Crippen molar-refractivity contribution in [3.8, 4) is 0 Å². The second-order valence-corrected chi connectivity index (χ2v) is 18.7. The minimum Gasteiger partial charge on any atom is -0.457 e. The summed E-state index contributed by atoms with van der Waals surface area (Å²) in [4.78, 5) is 12.8. The van der Waals surface area contributed by atoms with Crippen molar-refractivity contribution >= 4 is 5.97 Å². The van der Waals surface area contributed by atoms with Crippen molar-refractivity contribution in [1.29, 1.82) is 0 Å². The number of hydrogen-bond acceptors (Lipinski definition) is 9. The first-order chi connectivity index (χ1) is 30.9. The van der Waals surface area contributed by atoms with Gasteiger partial charge in [0, 0.05) is 13.0 Å². The van der Waals surface area contributed by atoms with Crippen molar-refractivity contribution in [2.75, 3.05) is 26.4 Å². The molecule has 0 spiro atoms. The average Bonchev–Trinajstić information content (AvgIpc) is 3.28. The van der Waals surface area contributed by atoms with Gasteiger partial charge in [0.2, 0.25) is 0 Å². The summed E-state index contributed by atoms with van der Waals surface area (Å²) in [7, 11) is 0. The lowest BCUT2D eigenvalue weighted by molar-refractivity contribution is -0.305. The second-order valence-electron chi connectivity index (χ2n) is 18.7. The van der Waals surface area contributed by atoms with E-state index in [0.29, 0.717) is 13.0 Å². The lowest BCUT2D eigenvalue weighted by Crippen LogP contribution is -2.59. The molecule has 9 nitrogen and oxygen atoms in total. The van der Waals surface area contributed by atoms with E-state index in [4.69, 9.17) is 18.9 Å². The van der Waals surface area contributed by atoms with Gasteiger partial charge in [0.1, 0.15) is 30.5 Å². The SMILES string of the molecule is CCCCC/C=C\C/C=C\CCCCCCCC(=O)OC(COCCCCCCCCCCCCCCCCCCCCCCCCCCC)COC1OC(CO)C(O)C(O)C1O. The molecule has 6 unspecified atom stereocenters. The van der Waals surface area contributed by atoms with Crippen LogP contribution in [0.3, 0.4) is 0 Å². The Morgan fingerprint density at radius 2 is 0.921 bits per heavy atom. The smallest absolute Gasteiger partial charge is 0.306 e. The maximum absolute atomic E-state index is 12.8.